The van der Waals surface area contributed by atoms with Crippen molar-refractivity contribution < 1.29 is 27.9 Å². The zero-order chi connectivity index (χ0) is 25.8. The summed E-state index contributed by atoms with van der Waals surface area (Å²) in [6.07, 6.45) is 4.83. The van der Waals surface area contributed by atoms with Crippen molar-refractivity contribution in [2.75, 3.05) is 26.4 Å². The monoisotopic (exact) mass is 516 g/mol. The highest BCUT2D eigenvalue weighted by molar-refractivity contribution is 7.62. The lowest BCUT2D eigenvalue weighted by molar-refractivity contribution is -0.190. The molecule has 194 valence electrons. The number of nitriles is 1. The molecule has 1 aliphatic carbocycles. The molecule has 0 bridgehead atoms. The number of nitrogens with two attached hydrogens (primary N) is 1. The van der Waals surface area contributed by atoms with Crippen LogP contribution in [0.25, 0.3) is 0 Å². The molecule has 0 radical (unpaired) electrons. The smallest absolute Gasteiger partial charge is 0.361 e. The van der Waals surface area contributed by atoms with Gasteiger partial charge >= 0.3 is 7.60 Å². The van der Waals surface area contributed by atoms with Gasteiger partial charge in [-0.25, -0.2) is 0 Å². The van der Waals surface area contributed by atoms with Crippen LogP contribution in [0.5, 0.6) is 0 Å². The van der Waals surface area contributed by atoms with Crippen molar-refractivity contribution >= 4 is 18.8 Å². The number of hydrogen-bond acceptors (Lipinski definition) is 8. The van der Waals surface area contributed by atoms with Crippen LogP contribution < -0.4 is 11.0 Å². The fourth-order valence-corrected chi connectivity index (χ4v) is 6.59. The molecule has 2 aromatic rings. The predicted octanol–water partition coefficient (Wildman–Crippen LogP) is 3.39. The summed E-state index contributed by atoms with van der Waals surface area (Å²) in [5.41, 5.74) is 6.84. The van der Waals surface area contributed by atoms with E-state index in [9.17, 15) is 14.6 Å². The van der Waals surface area contributed by atoms with E-state index in [2.05, 4.69) is 6.07 Å². The number of aromatic nitrogens is 2. The van der Waals surface area contributed by atoms with Gasteiger partial charge in [0.15, 0.2) is 5.79 Å². The van der Waals surface area contributed by atoms with Gasteiger partial charge < -0.3 is 24.3 Å². The van der Waals surface area contributed by atoms with Crippen LogP contribution in [-0.2, 0) is 35.0 Å². The van der Waals surface area contributed by atoms with Gasteiger partial charge in [0.2, 0.25) is 0 Å². The standard InChI is InChI=1S/C25H33N4O6P/c1-3-34-36(31,35-4-2)20-7-5-19(6-8-20)17-22-21(23(27)30)18-29(28-22)24(13-14-26)9-11-25(12-10-24)32-15-16-33-25/h5-8,18H,3-4,9-13,15-17H2,1-2H3,(H2,27,30). The Hall–Kier alpha value is -2.54. The zero-order valence-electron chi connectivity index (χ0n) is 20.8. The summed E-state index contributed by atoms with van der Waals surface area (Å²) < 4.78 is 37.3. The highest BCUT2D eigenvalue weighted by atomic mass is 31.2. The number of benzene rings is 1. The SMILES string of the molecule is CCOP(=O)(OCC)c1ccc(Cc2nn(C3(CC#N)CCC4(CC3)OCCO4)cc2C(N)=O)cc1. The number of carbonyl (C=O) groups excluding carboxylic acids is 1. The second-order valence-corrected chi connectivity index (χ2v) is 11.2. The molecule has 2 fully saturated rings. The van der Waals surface area contributed by atoms with Crippen molar-refractivity contribution in [2.45, 2.75) is 63.7 Å². The number of amides is 1. The number of nitrogens with zero attached hydrogens (tertiary/aromatic N) is 3. The molecule has 10 nitrogen and oxygen atoms in total. The Morgan fingerprint density at radius 3 is 2.28 bits per heavy atom. The third-order valence-corrected chi connectivity index (χ3v) is 9.06. The van der Waals surface area contributed by atoms with Crippen LogP contribution in [0.1, 0.15) is 67.6 Å². The van der Waals surface area contributed by atoms with E-state index in [1.165, 1.54) is 0 Å². The number of hydrogen-bond donors (Lipinski definition) is 1. The lowest BCUT2D eigenvalue weighted by Crippen LogP contribution is -2.45. The maximum Gasteiger partial charge on any atom is 0.361 e. The first-order valence-electron chi connectivity index (χ1n) is 12.3. The molecule has 1 spiro atoms. The van der Waals surface area contributed by atoms with Crippen LogP contribution in [0, 0.1) is 11.3 Å². The van der Waals surface area contributed by atoms with Gasteiger partial charge in [-0.3, -0.25) is 14.0 Å². The molecule has 0 unspecified atom stereocenters. The molecule has 2 N–H and O–H groups in total. The summed E-state index contributed by atoms with van der Waals surface area (Å²) >= 11 is 0. The summed E-state index contributed by atoms with van der Waals surface area (Å²) in [6.45, 7) is 5.21. The topological polar surface area (TPSA) is 139 Å². The first kappa shape index (κ1) is 26.5. The van der Waals surface area contributed by atoms with Gasteiger partial charge in [0.05, 0.1) is 61.0 Å². The van der Waals surface area contributed by atoms with E-state index in [-0.39, 0.29) is 19.6 Å². The Bertz CT molecular complexity index is 1150. The Morgan fingerprint density at radius 1 is 1.14 bits per heavy atom. The Kier molecular flexibility index (Phi) is 7.98. The number of ether oxygens (including phenoxy) is 2. The Balaban J connectivity index is 1.59. The average molecular weight is 517 g/mol. The van der Waals surface area contributed by atoms with E-state index in [4.69, 9.17) is 29.4 Å². The maximum atomic E-state index is 13.0. The van der Waals surface area contributed by atoms with E-state index >= 15 is 0 Å². The van der Waals surface area contributed by atoms with E-state index in [0.29, 0.717) is 61.9 Å². The largest absolute Gasteiger partial charge is 0.365 e. The normalized spacial score (nSPS) is 18.8. The van der Waals surface area contributed by atoms with Crippen LogP contribution >= 0.6 is 7.60 Å². The molecular weight excluding hydrogens is 483 g/mol. The zero-order valence-corrected chi connectivity index (χ0v) is 21.7. The van der Waals surface area contributed by atoms with Gasteiger partial charge in [-0.05, 0) is 44.4 Å². The molecule has 11 heteroatoms. The first-order chi connectivity index (χ1) is 17.3. The van der Waals surface area contributed by atoms with Gasteiger partial charge in [0.25, 0.3) is 5.91 Å². The lowest BCUT2D eigenvalue weighted by atomic mass is 9.77. The van der Waals surface area contributed by atoms with E-state index in [1.54, 1.807) is 36.9 Å². The van der Waals surface area contributed by atoms with E-state index < -0.39 is 24.8 Å². The predicted molar refractivity (Wildman–Crippen MR) is 132 cm³/mol. The van der Waals surface area contributed by atoms with Gasteiger partial charge in [-0.2, -0.15) is 10.4 Å². The van der Waals surface area contributed by atoms with Crippen molar-refractivity contribution in [2.24, 2.45) is 5.73 Å². The second-order valence-electron chi connectivity index (χ2n) is 9.14. The molecule has 36 heavy (non-hydrogen) atoms. The Labute approximate surface area is 211 Å². The molecular formula is C25H33N4O6P. The molecule has 1 saturated carbocycles. The molecule has 1 amide bonds. The lowest BCUT2D eigenvalue weighted by Gasteiger charge is -2.42. The van der Waals surface area contributed by atoms with Crippen molar-refractivity contribution in [3.05, 3.63) is 47.3 Å². The van der Waals surface area contributed by atoms with Crippen molar-refractivity contribution in [1.82, 2.24) is 9.78 Å². The van der Waals surface area contributed by atoms with Gasteiger partial charge in [-0.15, -0.1) is 0 Å². The summed E-state index contributed by atoms with van der Waals surface area (Å²) in [5.74, 6) is -1.15. The van der Waals surface area contributed by atoms with Gasteiger partial charge in [-0.1, -0.05) is 12.1 Å². The summed E-state index contributed by atoms with van der Waals surface area (Å²) in [4.78, 5) is 12.3. The Morgan fingerprint density at radius 2 is 1.75 bits per heavy atom. The van der Waals surface area contributed by atoms with Crippen molar-refractivity contribution in [3.8, 4) is 6.07 Å². The summed E-state index contributed by atoms with van der Waals surface area (Å²) in [5, 5.41) is 14.8. The van der Waals surface area contributed by atoms with Crippen molar-refractivity contribution in [3.63, 3.8) is 0 Å². The molecule has 2 heterocycles. The summed E-state index contributed by atoms with van der Waals surface area (Å²) in [7, 11) is -3.39. The van der Waals surface area contributed by atoms with Crippen LogP contribution in [0.3, 0.4) is 0 Å². The van der Waals surface area contributed by atoms with Crippen LogP contribution in [0.2, 0.25) is 0 Å². The number of primary amides is 1. The minimum Gasteiger partial charge on any atom is -0.365 e. The highest BCUT2D eigenvalue weighted by Crippen LogP contribution is 2.47. The molecule has 4 rings (SSSR count). The minimum absolute atomic E-state index is 0.251. The van der Waals surface area contributed by atoms with E-state index in [0.717, 1.165) is 5.56 Å². The second kappa shape index (κ2) is 10.8. The molecule has 1 aromatic heterocycles. The fraction of sp³-hybridized carbons (Fsp3) is 0.560. The molecule has 2 aliphatic rings. The molecule has 1 aliphatic heterocycles. The van der Waals surface area contributed by atoms with Crippen LogP contribution in [-0.4, -0.2) is 47.9 Å². The molecule has 0 atom stereocenters. The maximum absolute atomic E-state index is 13.0. The van der Waals surface area contributed by atoms with Crippen LogP contribution in [0.4, 0.5) is 0 Å². The van der Waals surface area contributed by atoms with Gasteiger partial charge in [0, 0.05) is 25.5 Å². The third kappa shape index (κ3) is 5.26. The first-order valence-corrected chi connectivity index (χ1v) is 13.9. The van der Waals surface area contributed by atoms with Crippen molar-refractivity contribution in [1.29, 1.82) is 5.26 Å². The minimum atomic E-state index is -3.39. The summed E-state index contributed by atoms with van der Waals surface area (Å²) in [6, 6.07) is 9.34. The number of carbonyl (C=O) groups is 1. The molecule has 1 aromatic carbocycles. The van der Waals surface area contributed by atoms with Gasteiger partial charge in [0.1, 0.15) is 0 Å². The molecule has 1 saturated heterocycles. The average Bonchev–Trinajstić information content (AvgIpc) is 3.50. The third-order valence-electron chi connectivity index (χ3n) is 6.93. The fourth-order valence-electron chi connectivity index (χ4n) is 5.02. The highest BCUT2D eigenvalue weighted by Gasteiger charge is 2.48. The van der Waals surface area contributed by atoms with E-state index in [1.807, 2.05) is 12.1 Å². The number of rotatable bonds is 10. The van der Waals surface area contributed by atoms with Crippen LogP contribution in [0.15, 0.2) is 30.5 Å². The quantitative estimate of drug-likeness (QED) is 0.474.